The largest absolute Gasteiger partial charge is 0.465 e. The highest BCUT2D eigenvalue weighted by molar-refractivity contribution is 9.10. The smallest absolute Gasteiger partial charge is 0.263 e. The summed E-state index contributed by atoms with van der Waals surface area (Å²) in [6.45, 7) is 6.09. The fourth-order valence-corrected chi connectivity index (χ4v) is 3.86. The van der Waals surface area contributed by atoms with Gasteiger partial charge in [-0.3, -0.25) is 4.79 Å². The van der Waals surface area contributed by atoms with Gasteiger partial charge in [0, 0.05) is 9.86 Å². The lowest BCUT2D eigenvalue weighted by Crippen LogP contribution is -2.22. The summed E-state index contributed by atoms with van der Waals surface area (Å²) in [6, 6.07) is 3.71. The minimum atomic E-state index is -0.215. The number of furan rings is 1. The summed E-state index contributed by atoms with van der Waals surface area (Å²) in [5.74, 6) is 1.31. The minimum absolute atomic E-state index is 0.215. The van der Waals surface area contributed by atoms with E-state index < -0.39 is 0 Å². The number of carbonyl (C=O) groups is 1. The Labute approximate surface area is 146 Å². The molecule has 3 heterocycles. The molecule has 0 saturated heterocycles. The summed E-state index contributed by atoms with van der Waals surface area (Å²) >= 11 is 4.83. The average Bonchev–Trinajstić information content (AvgIpc) is 3.06. The van der Waals surface area contributed by atoms with Gasteiger partial charge in [0.1, 0.15) is 21.2 Å². The van der Waals surface area contributed by atoms with E-state index in [0.717, 1.165) is 31.7 Å². The fraction of sp³-hybridized carbons (Fsp3) is 0.250. The first kappa shape index (κ1) is 16.0. The van der Waals surface area contributed by atoms with E-state index in [9.17, 15) is 4.79 Å². The number of nitrogens with two attached hydrogens (primary N) is 1. The highest BCUT2D eigenvalue weighted by atomic mass is 79.9. The van der Waals surface area contributed by atoms with Crippen LogP contribution in [0.5, 0.6) is 0 Å². The van der Waals surface area contributed by atoms with E-state index in [0.29, 0.717) is 22.9 Å². The van der Waals surface area contributed by atoms with Crippen LogP contribution in [0, 0.1) is 20.8 Å². The Morgan fingerprint density at radius 1 is 1.39 bits per heavy atom. The number of hydrogen-bond donors (Lipinski definition) is 2. The Morgan fingerprint density at radius 2 is 2.13 bits per heavy atom. The lowest BCUT2D eigenvalue weighted by Gasteiger charge is -2.05. The van der Waals surface area contributed by atoms with Crippen LogP contribution in [-0.4, -0.2) is 10.9 Å². The van der Waals surface area contributed by atoms with Gasteiger partial charge >= 0.3 is 0 Å². The summed E-state index contributed by atoms with van der Waals surface area (Å²) < 4.78 is 6.37. The standard InChI is InChI=1S/C16H16BrN3O2S/c1-7-4-5-10(22-7)6-19-15(21)14-13(18)11-8(2)12(17)9(3)20-16(11)23-14/h4-5H,6,18H2,1-3H3,(H,19,21). The zero-order valence-corrected chi connectivity index (χ0v) is 15.4. The van der Waals surface area contributed by atoms with Gasteiger partial charge in [-0.2, -0.15) is 0 Å². The molecular weight excluding hydrogens is 378 g/mol. The lowest BCUT2D eigenvalue weighted by atomic mass is 10.1. The molecule has 3 aromatic heterocycles. The molecule has 5 nitrogen and oxygen atoms in total. The first-order chi connectivity index (χ1) is 10.9. The number of nitrogens with zero attached hydrogens (tertiary/aromatic N) is 1. The van der Waals surface area contributed by atoms with Crippen LogP contribution < -0.4 is 11.1 Å². The van der Waals surface area contributed by atoms with Crippen LogP contribution in [0.25, 0.3) is 10.2 Å². The number of halogens is 1. The van der Waals surface area contributed by atoms with Gasteiger partial charge in [0.15, 0.2) is 0 Å². The van der Waals surface area contributed by atoms with E-state index >= 15 is 0 Å². The van der Waals surface area contributed by atoms with E-state index in [4.69, 9.17) is 10.2 Å². The number of hydrogen-bond acceptors (Lipinski definition) is 5. The van der Waals surface area contributed by atoms with Gasteiger partial charge in [0.05, 0.1) is 17.9 Å². The van der Waals surface area contributed by atoms with Gasteiger partial charge in [-0.15, -0.1) is 11.3 Å². The van der Waals surface area contributed by atoms with Crippen molar-refractivity contribution < 1.29 is 9.21 Å². The zero-order chi connectivity index (χ0) is 16.7. The van der Waals surface area contributed by atoms with E-state index in [1.165, 1.54) is 11.3 Å². The van der Waals surface area contributed by atoms with Gasteiger partial charge in [-0.1, -0.05) is 0 Å². The minimum Gasteiger partial charge on any atom is -0.465 e. The number of carbonyl (C=O) groups excluding carboxylic acids is 1. The van der Waals surface area contributed by atoms with Crippen molar-refractivity contribution >= 4 is 49.1 Å². The Balaban J connectivity index is 1.92. The lowest BCUT2D eigenvalue weighted by molar-refractivity contribution is 0.0953. The summed E-state index contributed by atoms with van der Waals surface area (Å²) in [5.41, 5.74) is 8.56. The SMILES string of the molecule is Cc1ccc(CNC(=O)c2sc3nc(C)c(Br)c(C)c3c2N)o1. The molecule has 0 unspecified atom stereocenters. The molecule has 0 aliphatic carbocycles. The fourth-order valence-electron chi connectivity index (χ4n) is 2.45. The number of anilines is 1. The van der Waals surface area contributed by atoms with Crippen molar-refractivity contribution in [1.29, 1.82) is 0 Å². The number of nitrogen functional groups attached to an aromatic ring is 1. The molecule has 0 bridgehead atoms. The summed E-state index contributed by atoms with van der Waals surface area (Å²) in [5, 5.41) is 3.68. The summed E-state index contributed by atoms with van der Waals surface area (Å²) in [7, 11) is 0. The van der Waals surface area contributed by atoms with Crippen molar-refractivity contribution in [2.45, 2.75) is 27.3 Å². The third-order valence-electron chi connectivity index (χ3n) is 3.64. The second-order valence-corrected chi connectivity index (χ2v) is 7.15. The highest BCUT2D eigenvalue weighted by Crippen LogP contribution is 2.38. The molecule has 0 fully saturated rings. The third-order valence-corrected chi connectivity index (χ3v) is 5.91. The number of aromatic nitrogens is 1. The topological polar surface area (TPSA) is 81.2 Å². The Kier molecular flexibility index (Phi) is 4.16. The van der Waals surface area contributed by atoms with Crippen LogP contribution in [0.1, 0.15) is 32.4 Å². The molecule has 0 radical (unpaired) electrons. The summed E-state index contributed by atoms with van der Waals surface area (Å²) in [4.78, 5) is 18.2. The highest BCUT2D eigenvalue weighted by Gasteiger charge is 2.20. The maximum absolute atomic E-state index is 12.4. The van der Waals surface area contributed by atoms with Crippen molar-refractivity contribution in [1.82, 2.24) is 10.3 Å². The molecule has 3 aromatic rings. The second-order valence-electron chi connectivity index (χ2n) is 5.36. The summed E-state index contributed by atoms with van der Waals surface area (Å²) in [6.07, 6.45) is 0. The van der Waals surface area contributed by atoms with Crippen molar-refractivity contribution in [3.63, 3.8) is 0 Å². The van der Waals surface area contributed by atoms with Crippen LogP contribution in [-0.2, 0) is 6.54 Å². The van der Waals surface area contributed by atoms with E-state index in [-0.39, 0.29) is 5.91 Å². The van der Waals surface area contributed by atoms with E-state index in [2.05, 4.69) is 26.2 Å². The van der Waals surface area contributed by atoms with Crippen LogP contribution in [0.2, 0.25) is 0 Å². The first-order valence-electron chi connectivity index (χ1n) is 7.06. The monoisotopic (exact) mass is 393 g/mol. The molecule has 23 heavy (non-hydrogen) atoms. The molecule has 0 aliphatic heterocycles. The van der Waals surface area contributed by atoms with Gasteiger partial charge in [-0.25, -0.2) is 4.98 Å². The van der Waals surface area contributed by atoms with Crippen molar-refractivity contribution in [2.24, 2.45) is 0 Å². The maximum Gasteiger partial charge on any atom is 0.263 e. The zero-order valence-electron chi connectivity index (χ0n) is 13.0. The Hall–Kier alpha value is -1.86. The number of pyridine rings is 1. The molecule has 3 N–H and O–H groups in total. The van der Waals surface area contributed by atoms with Crippen LogP contribution in [0.4, 0.5) is 5.69 Å². The normalized spacial score (nSPS) is 11.1. The average molecular weight is 394 g/mol. The van der Waals surface area contributed by atoms with Gasteiger partial charge in [-0.05, 0) is 54.4 Å². The molecular formula is C16H16BrN3O2S. The van der Waals surface area contributed by atoms with Crippen molar-refractivity contribution in [3.05, 3.63) is 44.3 Å². The number of amides is 1. The van der Waals surface area contributed by atoms with Crippen LogP contribution in [0.3, 0.4) is 0 Å². The quantitative estimate of drug-likeness (QED) is 0.701. The van der Waals surface area contributed by atoms with E-state index in [1.54, 1.807) is 0 Å². The first-order valence-corrected chi connectivity index (χ1v) is 8.67. The number of rotatable bonds is 3. The van der Waals surface area contributed by atoms with Gasteiger partial charge < -0.3 is 15.5 Å². The molecule has 120 valence electrons. The molecule has 7 heteroatoms. The number of fused-ring (bicyclic) bond motifs is 1. The molecule has 0 aromatic carbocycles. The van der Waals surface area contributed by atoms with Crippen molar-refractivity contribution in [2.75, 3.05) is 5.73 Å². The predicted octanol–water partition coefficient (Wildman–Crippen LogP) is 4.09. The van der Waals surface area contributed by atoms with Gasteiger partial charge in [0.2, 0.25) is 0 Å². The predicted molar refractivity (Wildman–Crippen MR) is 95.8 cm³/mol. The molecule has 0 spiro atoms. The van der Waals surface area contributed by atoms with E-state index in [1.807, 2.05) is 32.9 Å². The molecule has 0 aliphatic rings. The number of thiophene rings is 1. The van der Waals surface area contributed by atoms with Crippen LogP contribution >= 0.6 is 27.3 Å². The third kappa shape index (κ3) is 2.86. The Bertz CT molecular complexity index is 914. The second kappa shape index (κ2) is 5.98. The van der Waals surface area contributed by atoms with Gasteiger partial charge in [0.25, 0.3) is 5.91 Å². The molecule has 3 rings (SSSR count). The Morgan fingerprint density at radius 3 is 2.78 bits per heavy atom. The maximum atomic E-state index is 12.4. The number of nitrogens with one attached hydrogen (secondary N) is 1. The molecule has 0 saturated carbocycles. The van der Waals surface area contributed by atoms with Crippen molar-refractivity contribution in [3.8, 4) is 0 Å². The number of aryl methyl sites for hydroxylation is 3. The molecule has 1 amide bonds. The molecule has 0 atom stereocenters. The van der Waals surface area contributed by atoms with Crippen LogP contribution in [0.15, 0.2) is 21.0 Å².